The number of unbranched alkanes of at least 4 members (excludes halogenated alkanes) is 1. The van der Waals surface area contributed by atoms with Gasteiger partial charge >= 0.3 is 0 Å². The van der Waals surface area contributed by atoms with Crippen LogP contribution in [-0.4, -0.2) is 13.7 Å². The molecule has 0 radical (unpaired) electrons. The molecule has 4 N–H and O–H groups in total. The van der Waals surface area contributed by atoms with Crippen LogP contribution in [0.1, 0.15) is 51.2 Å². The maximum Gasteiger partial charge on any atom is 0.212 e. The zero-order valence-corrected chi connectivity index (χ0v) is 13.4. The molecular formula is C15H26N2O2S. The van der Waals surface area contributed by atoms with Crippen molar-refractivity contribution in [2.45, 2.75) is 57.2 Å². The zero-order valence-electron chi connectivity index (χ0n) is 12.6. The van der Waals surface area contributed by atoms with E-state index in [2.05, 4.69) is 0 Å². The molecule has 0 amide bonds. The van der Waals surface area contributed by atoms with Crippen LogP contribution in [0.4, 0.5) is 0 Å². The highest BCUT2D eigenvalue weighted by atomic mass is 32.2. The number of sulfonamides is 1. The van der Waals surface area contributed by atoms with E-state index in [9.17, 15) is 8.42 Å². The van der Waals surface area contributed by atoms with E-state index >= 15 is 0 Å². The molecule has 114 valence electrons. The molecule has 1 unspecified atom stereocenters. The van der Waals surface area contributed by atoms with Gasteiger partial charge < -0.3 is 5.73 Å². The fourth-order valence-corrected chi connectivity index (χ4v) is 3.07. The Hall–Kier alpha value is -0.910. The highest BCUT2D eigenvalue weighted by Crippen LogP contribution is 2.19. The van der Waals surface area contributed by atoms with Crippen molar-refractivity contribution in [3.8, 4) is 0 Å². The van der Waals surface area contributed by atoms with E-state index in [1.165, 1.54) is 0 Å². The molecule has 0 aliphatic heterocycles. The van der Waals surface area contributed by atoms with Crippen molar-refractivity contribution in [3.63, 3.8) is 0 Å². The summed E-state index contributed by atoms with van der Waals surface area (Å²) in [7, 11) is -3.50. The SMILES string of the molecule is CCCCC(Cc1ccc(C(C)(C)N)cc1)S(N)(=O)=O. The second kappa shape index (κ2) is 6.70. The van der Waals surface area contributed by atoms with Gasteiger partial charge in [-0.2, -0.15) is 0 Å². The van der Waals surface area contributed by atoms with Crippen LogP contribution in [0.15, 0.2) is 24.3 Å². The first-order valence-corrected chi connectivity index (χ1v) is 8.65. The fourth-order valence-electron chi connectivity index (χ4n) is 2.15. The average molecular weight is 298 g/mol. The van der Waals surface area contributed by atoms with Gasteiger partial charge in [0.15, 0.2) is 0 Å². The van der Waals surface area contributed by atoms with E-state index in [4.69, 9.17) is 10.9 Å². The highest BCUT2D eigenvalue weighted by Gasteiger charge is 2.21. The molecule has 1 aromatic carbocycles. The van der Waals surface area contributed by atoms with Crippen LogP contribution in [0.3, 0.4) is 0 Å². The molecule has 1 rings (SSSR count). The van der Waals surface area contributed by atoms with Gasteiger partial charge in [0.25, 0.3) is 0 Å². The van der Waals surface area contributed by atoms with Gasteiger partial charge in [-0.15, -0.1) is 0 Å². The third kappa shape index (κ3) is 5.23. The van der Waals surface area contributed by atoms with Gasteiger partial charge in [-0.1, -0.05) is 44.0 Å². The van der Waals surface area contributed by atoms with Crippen molar-refractivity contribution < 1.29 is 8.42 Å². The second-order valence-corrected chi connectivity index (χ2v) is 7.82. The summed E-state index contributed by atoms with van der Waals surface area (Å²) in [4.78, 5) is 0. The maximum absolute atomic E-state index is 11.6. The Bertz CT molecular complexity index is 516. The maximum atomic E-state index is 11.6. The van der Waals surface area contributed by atoms with E-state index in [0.717, 1.165) is 24.0 Å². The van der Waals surface area contributed by atoms with E-state index < -0.39 is 15.3 Å². The fraction of sp³-hybridized carbons (Fsp3) is 0.600. The summed E-state index contributed by atoms with van der Waals surface area (Å²) in [6.07, 6.45) is 2.91. The minimum Gasteiger partial charge on any atom is -0.322 e. The molecule has 0 heterocycles. The Balaban J connectivity index is 2.84. The number of hydrogen-bond donors (Lipinski definition) is 2. The predicted octanol–water partition coefficient (Wildman–Crippen LogP) is 2.27. The van der Waals surface area contributed by atoms with E-state index in [1.54, 1.807) is 0 Å². The van der Waals surface area contributed by atoms with Crippen LogP contribution in [-0.2, 0) is 22.0 Å². The lowest BCUT2D eigenvalue weighted by molar-refractivity contribution is 0.552. The standard InChI is InChI=1S/C15H26N2O2S/c1-4-5-6-14(20(17,18)19)11-12-7-9-13(10-8-12)15(2,3)16/h7-10,14H,4-6,11,16H2,1-3H3,(H2,17,18,19). The van der Waals surface area contributed by atoms with Crippen molar-refractivity contribution in [1.82, 2.24) is 0 Å². The summed E-state index contributed by atoms with van der Waals surface area (Å²) in [6.45, 7) is 5.92. The van der Waals surface area contributed by atoms with Gasteiger partial charge in [-0.25, -0.2) is 13.6 Å². The third-order valence-electron chi connectivity index (χ3n) is 3.51. The van der Waals surface area contributed by atoms with Crippen LogP contribution >= 0.6 is 0 Å². The van der Waals surface area contributed by atoms with Gasteiger partial charge in [0.05, 0.1) is 5.25 Å². The first-order chi connectivity index (χ1) is 9.14. The monoisotopic (exact) mass is 298 g/mol. The number of nitrogens with two attached hydrogens (primary N) is 2. The normalized spacial score (nSPS) is 14.2. The first kappa shape index (κ1) is 17.1. The minimum atomic E-state index is -3.50. The average Bonchev–Trinajstić information content (AvgIpc) is 2.32. The molecule has 5 heteroatoms. The van der Waals surface area contributed by atoms with Gasteiger partial charge in [0.2, 0.25) is 10.0 Å². The molecule has 20 heavy (non-hydrogen) atoms. The topological polar surface area (TPSA) is 86.2 Å². The molecule has 1 aromatic rings. The molecule has 0 saturated carbocycles. The molecule has 1 atom stereocenters. The number of primary sulfonamides is 1. The lowest BCUT2D eigenvalue weighted by Crippen LogP contribution is -2.31. The Kier molecular flexibility index (Phi) is 5.74. The van der Waals surface area contributed by atoms with Crippen LogP contribution in [0.5, 0.6) is 0 Å². The number of hydrogen-bond acceptors (Lipinski definition) is 3. The molecule has 0 aliphatic carbocycles. The summed E-state index contributed by atoms with van der Waals surface area (Å²) in [5.41, 5.74) is 7.65. The van der Waals surface area contributed by atoms with E-state index in [1.807, 2.05) is 45.0 Å². The molecular weight excluding hydrogens is 272 g/mol. The van der Waals surface area contributed by atoms with Gasteiger partial charge in [-0.3, -0.25) is 0 Å². The summed E-state index contributed by atoms with van der Waals surface area (Å²) in [5, 5.41) is 4.82. The summed E-state index contributed by atoms with van der Waals surface area (Å²) >= 11 is 0. The number of benzene rings is 1. The largest absolute Gasteiger partial charge is 0.322 e. The second-order valence-electron chi connectivity index (χ2n) is 5.98. The van der Waals surface area contributed by atoms with Crippen molar-refractivity contribution in [3.05, 3.63) is 35.4 Å². The highest BCUT2D eigenvalue weighted by molar-refractivity contribution is 7.89. The zero-order chi connectivity index (χ0) is 15.4. The van der Waals surface area contributed by atoms with Crippen LogP contribution in [0.2, 0.25) is 0 Å². The smallest absolute Gasteiger partial charge is 0.212 e. The lowest BCUT2D eigenvalue weighted by Gasteiger charge is -2.20. The van der Waals surface area contributed by atoms with Crippen molar-refractivity contribution in [2.75, 3.05) is 0 Å². The molecule has 0 spiro atoms. The molecule has 0 fully saturated rings. The van der Waals surface area contributed by atoms with Crippen LogP contribution in [0, 0.1) is 0 Å². The van der Waals surface area contributed by atoms with Gasteiger partial charge in [0.1, 0.15) is 0 Å². The first-order valence-electron chi connectivity index (χ1n) is 7.04. The molecule has 4 nitrogen and oxygen atoms in total. The lowest BCUT2D eigenvalue weighted by atomic mass is 9.94. The van der Waals surface area contributed by atoms with Crippen molar-refractivity contribution in [2.24, 2.45) is 10.9 Å². The molecule has 0 aliphatic rings. The molecule has 0 saturated heterocycles. The summed E-state index contributed by atoms with van der Waals surface area (Å²) in [5.74, 6) is 0. The van der Waals surface area contributed by atoms with Crippen LogP contribution in [0.25, 0.3) is 0 Å². The summed E-state index contributed by atoms with van der Waals surface area (Å²) < 4.78 is 23.3. The Morgan fingerprint density at radius 3 is 2.15 bits per heavy atom. The van der Waals surface area contributed by atoms with Gasteiger partial charge in [0, 0.05) is 5.54 Å². The number of rotatable bonds is 7. The van der Waals surface area contributed by atoms with E-state index in [0.29, 0.717) is 12.8 Å². The van der Waals surface area contributed by atoms with Crippen molar-refractivity contribution >= 4 is 10.0 Å². The van der Waals surface area contributed by atoms with Crippen molar-refractivity contribution in [1.29, 1.82) is 0 Å². The molecule has 0 bridgehead atoms. The predicted molar refractivity (Wildman–Crippen MR) is 83.8 cm³/mol. The van der Waals surface area contributed by atoms with Gasteiger partial charge in [-0.05, 0) is 37.8 Å². The van der Waals surface area contributed by atoms with Crippen LogP contribution < -0.4 is 10.9 Å². The minimum absolute atomic E-state index is 0.389. The Morgan fingerprint density at radius 1 is 1.20 bits per heavy atom. The Labute approximate surface area is 122 Å². The third-order valence-corrected chi connectivity index (χ3v) is 4.84. The summed E-state index contributed by atoms with van der Waals surface area (Å²) in [6, 6.07) is 7.78. The quantitative estimate of drug-likeness (QED) is 0.809. The Morgan fingerprint density at radius 2 is 1.75 bits per heavy atom. The van der Waals surface area contributed by atoms with E-state index in [-0.39, 0.29) is 5.54 Å². The molecule has 0 aromatic heterocycles.